The molecule has 0 aromatic rings. The molecule has 0 amide bonds. The van der Waals surface area contributed by atoms with Crippen LogP contribution >= 0.6 is 0 Å². The van der Waals surface area contributed by atoms with E-state index in [-0.39, 0.29) is 5.60 Å². The fourth-order valence-corrected chi connectivity index (χ4v) is 3.77. The van der Waals surface area contributed by atoms with E-state index in [0.717, 1.165) is 18.9 Å². The molecule has 2 aliphatic rings. The summed E-state index contributed by atoms with van der Waals surface area (Å²) in [5, 5.41) is 10.8. The summed E-state index contributed by atoms with van der Waals surface area (Å²) in [6.45, 7) is 5.41. The summed E-state index contributed by atoms with van der Waals surface area (Å²) in [7, 11) is 2.14. The Morgan fingerprint density at radius 3 is 2.69 bits per heavy atom. The highest BCUT2D eigenvalue weighted by molar-refractivity contribution is 4.99. The second kappa shape index (κ2) is 4.66. The Balaban J connectivity index is 2.01. The number of likely N-dealkylation sites (tertiary alicyclic amines) is 1. The fraction of sp³-hybridized carbons (Fsp3) is 1.00. The van der Waals surface area contributed by atoms with Crippen LogP contribution in [0.4, 0.5) is 0 Å². The molecule has 2 nitrogen and oxygen atoms in total. The normalized spacial score (nSPS) is 46.1. The molecule has 0 spiro atoms. The largest absolute Gasteiger partial charge is 0.388 e. The number of hydrogen-bond acceptors (Lipinski definition) is 2. The maximum absolute atomic E-state index is 10.8. The quantitative estimate of drug-likeness (QED) is 0.781. The molecular weight excluding hydrogens is 198 g/mol. The van der Waals surface area contributed by atoms with Crippen LogP contribution < -0.4 is 0 Å². The number of aliphatic hydroxyl groups is 1. The molecule has 1 saturated carbocycles. The Morgan fingerprint density at radius 2 is 2.12 bits per heavy atom. The van der Waals surface area contributed by atoms with Gasteiger partial charge in [0.2, 0.25) is 0 Å². The second-order valence-corrected chi connectivity index (χ2v) is 6.21. The van der Waals surface area contributed by atoms with Crippen molar-refractivity contribution in [1.82, 2.24) is 4.90 Å². The molecule has 0 radical (unpaired) electrons. The van der Waals surface area contributed by atoms with Crippen LogP contribution in [-0.2, 0) is 0 Å². The lowest BCUT2D eigenvalue weighted by atomic mass is 9.71. The molecule has 16 heavy (non-hydrogen) atoms. The summed E-state index contributed by atoms with van der Waals surface area (Å²) >= 11 is 0. The first-order valence-electron chi connectivity index (χ1n) is 6.97. The van der Waals surface area contributed by atoms with Gasteiger partial charge in [-0.25, -0.2) is 0 Å². The summed E-state index contributed by atoms with van der Waals surface area (Å²) in [6, 6.07) is 0.548. The van der Waals surface area contributed by atoms with Crippen molar-refractivity contribution in [3.05, 3.63) is 0 Å². The second-order valence-electron chi connectivity index (χ2n) is 6.21. The van der Waals surface area contributed by atoms with E-state index in [0.29, 0.717) is 12.0 Å². The summed E-state index contributed by atoms with van der Waals surface area (Å²) in [5.74, 6) is 1.42. The van der Waals surface area contributed by atoms with Crippen LogP contribution in [0.25, 0.3) is 0 Å². The van der Waals surface area contributed by atoms with Crippen molar-refractivity contribution in [2.75, 3.05) is 13.6 Å². The minimum atomic E-state index is -0.387. The van der Waals surface area contributed by atoms with Crippen molar-refractivity contribution in [3.8, 4) is 0 Å². The summed E-state index contributed by atoms with van der Waals surface area (Å²) < 4.78 is 0. The molecule has 1 aliphatic carbocycles. The van der Waals surface area contributed by atoms with E-state index < -0.39 is 0 Å². The number of nitrogens with zero attached hydrogens (tertiary/aromatic N) is 1. The average Bonchev–Trinajstić information content (AvgIpc) is 2.54. The zero-order valence-corrected chi connectivity index (χ0v) is 11.1. The van der Waals surface area contributed by atoms with Crippen LogP contribution in [-0.4, -0.2) is 35.2 Å². The van der Waals surface area contributed by atoms with Gasteiger partial charge in [0.05, 0.1) is 5.60 Å². The fourth-order valence-electron chi connectivity index (χ4n) is 3.77. The molecule has 1 saturated heterocycles. The molecule has 1 N–H and O–H groups in total. The lowest BCUT2D eigenvalue weighted by Crippen LogP contribution is -2.42. The van der Waals surface area contributed by atoms with Crippen LogP contribution in [0.1, 0.15) is 52.4 Å². The van der Waals surface area contributed by atoms with Crippen LogP contribution in [0.2, 0.25) is 0 Å². The van der Waals surface area contributed by atoms with Gasteiger partial charge >= 0.3 is 0 Å². The van der Waals surface area contributed by atoms with Gasteiger partial charge in [0, 0.05) is 12.6 Å². The van der Waals surface area contributed by atoms with E-state index in [1.807, 2.05) is 0 Å². The van der Waals surface area contributed by atoms with Crippen molar-refractivity contribution < 1.29 is 5.11 Å². The van der Waals surface area contributed by atoms with Gasteiger partial charge in [-0.3, -0.25) is 0 Å². The molecule has 0 bridgehead atoms. The summed E-state index contributed by atoms with van der Waals surface area (Å²) in [5.41, 5.74) is -0.387. The molecule has 1 aliphatic heterocycles. The van der Waals surface area contributed by atoms with Crippen LogP contribution in [0.3, 0.4) is 0 Å². The van der Waals surface area contributed by atoms with Crippen molar-refractivity contribution in [2.24, 2.45) is 11.8 Å². The molecule has 1 heterocycles. The Bertz CT molecular complexity index is 231. The maximum atomic E-state index is 10.8. The van der Waals surface area contributed by atoms with Gasteiger partial charge in [0.25, 0.3) is 0 Å². The van der Waals surface area contributed by atoms with E-state index in [1.54, 1.807) is 0 Å². The molecule has 0 aromatic carbocycles. The Kier molecular flexibility index (Phi) is 3.60. The van der Waals surface area contributed by atoms with Crippen molar-refractivity contribution in [3.63, 3.8) is 0 Å². The zero-order chi connectivity index (χ0) is 11.8. The molecule has 4 unspecified atom stereocenters. The number of hydrogen-bond donors (Lipinski definition) is 1. The first kappa shape index (κ1) is 12.4. The topological polar surface area (TPSA) is 23.5 Å². The van der Waals surface area contributed by atoms with E-state index >= 15 is 0 Å². The Morgan fingerprint density at radius 1 is 1.38 bits per heavy atom. The highest BCUT2D eigenvalue weighted by atomic mass is 16.3. The molecule has 2 heteroatoms. The van der Waals surface area contributed by atoms with Crippen LogP contribution in [0.5, 0.6) is 0 Å². The highest BCUT2D eigenvalue weighted by Crippen LogP contribution is 2.42. The molecule has 2 rings (SSSR count). The first-order valence-corrected chi connectivity index (χ1v) is 6.97. The van der Waals surface area contributed by atoms with Crippen molar-refractivity contribution >= 4 is 0 Å². The monoisotopic (exact) mass is 225 g/mol. The van der Waals surface area contributed by atoms with E-state index in [4.69, 9.17) is 0 Å². The predicted molar refractivity (Wildman–Crippen MR) is 67.4 cm³/mol. The summed E-state index contributed by atoms with van der Waals surface area (Å²) in [4.78, 5) is 2.32. The number of likely N-dealkylation sites (N-methyl/N-ethyl adjacent to an activating group) is 1. The van der Waals surface area contributed by atoms with Crippen molar-refractivity contribution in [1.29, 1.82) is 0 Å². The third-order valence-electron chi connectivity index (χ3n) is 5.04. The summed E-state index contributed by atoms with van der Waals surface area (Å²) in [6.07, 6.45) is 7.47. The standard InChI is InChI=1S/C14H27NO/c1-4-12-6-5-7-13(8-12)14(16)9-11(2)15(3)10-14/h11-13,16H,4-10H2,1-3H3. The van der Waals surface area contributed by atoms with Crippen LogP contribution in [0, 0.1) is 11.8 Å². The van der Waals surface area contributed by atoms with Gasteiger partial charge in [-0.05, 0) is 45.1 Å². The van der Waals surface area contributed by atoms with E-state index in [2.05, 4.69) is 25.8 Å². The third-order valence-corrected chi connectivity index (χ3v) is 5.04. The maximum Gasteiger partial charge on any atom is 0.0816 e. The molecule has 94 valence electrons. The SMILES string of the molecule is CCC1CCCC(C2(O)CC(C)N(C)C2)C1. The number of β-amino-alcohol motifs (C(OH)–C–C–N with tert-alkyl or cyclic N) is 1. The van der Waals surface area contributed by atoms with E-state index in [1.165, 1.54) is 32.1 Å². The molecule has 2 fully saturated rings. The zero-order valence-electron chi connectivity index (χ0n) is 11.1. The predicted octanol–water partition coefficient (Wildman–Crippen LogP) is 2.66. The lowest BCUT2D eigenvalue weighted by Gasteiger charge is -2.38. The van der Waals surface area contributed by atoms with Gasteiger partial charge in [-0.1, -0.05) is 26.2 Å². The van der Waals surface area contributed by atoms with Gasteiger partial charge in [-0.2, -0.15) is 0 Å². The lowest BCUT2D eigenvalue weighted by molar-refractivity contribution is -0.0314. The van der Waals surface area contributed by atoms with E-state index in [9.17, 15) is 5.11 Å². The van der Waals surface area contributed by atoms with Gasteiger partial charge < -0.3 is 10.0 Å². The number of rotatable bonds is 2. The molecule has 0 aromatic heterocycles. The van der Waals surface area contributed by atoms with Crippen LogP contribution in [0.15, 0.2) is 0 Å². The Labute approximate surface area is 100 Å². The molecular formula is C14H27NO. The first-order chi connectivity index (χ1) is 7.55. The minimum absolute atomic E-state index is 0.387. The third kappa shape index (κ3) is 2.28. The van der Waals surface area contributed by atoms with Crippen molar-refractivity contribution in [2.45, 2.75) is 64.0 Å². The minimum Gasteiger partial charge on any atom is -0.388 e. The Hall–Kier alpha value is -0.0800. The van der Waals surface area contributed by atoms with Gasteiger partial charge in [0.15, 0.2) is 0 Å². The van der Waals surface area contributed by atoms with Gasteiger partial charge in [0.1, 0.15) is 0 Å². The average molecular weight is 225 g/mol. The highest BCUT2D eigenvalue weighted by Gasteiger charge is 2.45. The molecule has 4 atom stereocenters. The van der Waals surface area contributed by atoms with Gasteiger partial charge in [-0.15, -0.1) is 0 Å². The smallest absolute Gasteiger partial charge is 0.0816 e.